The molecule has 0 aromatic heterocycles. The van der Waals surface area contributed by atoms with E-state index in [9.17, 15) is 4.79 Å². The van der Waals surface area contributed by atoms with Crippen LogP contribution in [0.3, 0.4) is 0 Å². The summed E-state index contributed by atoms with van der Waals surface area (Å²) in [6.07, 6.45) is 6.07. The van der Waals surface area contributed by atoms with Crippen LogP contribution in [-0.2, 0) is 0 Å². The molecule has 0 unspecified atom stereocenters. The third kappa shape index (κ3) is 5.50. The SMILES string of the molecule is CCCCNC(=O)NCCC1CC1. The number of carbonyl (C=O) groups excluding carboxylic acids is 1. The molecule has 0 aromatic rings. The fourth-order valence-electron chi connectivity index (χ4n) is 1.24. The zero-order valence-electron chi connectivity index (χ0n) is 8.44. The van der Waals surface area contributed by atoms with Crippen molar-refractivity contribution in [2.45, 2.75) is 39.0 Å². The first-order valence-electron chi connectivity index (χ1n) is 5.34. The van der Waals surface area contributed by atoms with Gasteiger partial charge in [0.25, 0.3) is 0 Å². The Kier molecular flexibility index (Phi) is 4.65. The Labute approximate surface area is 80.3 Å². The smallest absolute Gasteiger partial charge is 0.314 e. The molecule has 1 aliphatic carbocycles. The van der Waals surface area contributed by atoms with Crippen molar-refractivity contribution in [1.82, 2.24) is 10.6 Å². The Morgan fingerprint density at radius 2 is 2.00 bits per heavy atom. The highest BCUT2D eigenvalue weighted by Crippen LogP contribution is 2.31. The molecule has 0 heterocycles. The van der Waals surface area contributed by atoms with Crippen molar-refractivity contribution in [3.8, 4) is 0 Å². The lowest BCUT2D eigenvalue weighted by Gasteiger charge is -2.05. The second-order valence-electron chi connectivity index (χ2n) is 3.77. The number of carbonyl (C=O) groups is 1. The normalized spacial score (nSPS) is 15.5. The van der Waals surface area contributed by atoms with E-state index in [4.69, 9.17) is 0 Å². The predicted molar refractivity (Wildman–Crippen MR) is 53.7 cm³/mol. The number of rotatable bonds is 6. The van der Waals surface area contributed by atoms with E-state index in [1.165, 1.54) is 12.8 Å². The Balaban J connectivity index is 1.84. The van der Waals surface area contributed by atoms with E-state index in [0.717, 1.165) is 38.3 Å². The molecule has 2 amide bonds. The van der Waals surface area contributed by atoms with Crippen LogP contribution in [0.2, 0.25) is 0 Å². The standard InChI is InChI=1S/C10H20N2O/c1-2-3-7-11-10(13)12-8-6-9-4-5-9/h9H,2-8H2,1H3,(H2,11,12,13). The fourth-order valence-corrected chi connectivity index (χ4v) is 1.24. The quantitative estimate of drug-likeness (QED) is 0.608. The molecule has 76 valence electrons. The maximum absolute atomic E-state index is 11.1. The van der Waals surface area contributed by atoms with Crippen LogP contribution < -0.4 is 10.6 Å². The van der Waals surface area contributed by atoms with Gasteiger partial charge < -0.3 is 10.6 Å². The first-order chi connectivity index (χ1) is 6.33. The monoisotopic (exact) mass is 184 g/mol. The van der Waals surface area contributed by atoms with Crippen molar-refractivity contribution in [3.63, 3.8) is 0 Å². The van der Waals surface area contributed by atoms with Crippen molar-refractivity contribution in [3.05, 3.63) is 0 Å². The topological polar surface area (TPSA) is 41.1 Å². The summed E-state index contributed by atoms with van der Waals surface area (Å²) in [5.74, 6) is 0.899. The Bertz CT molecular complexity index is 155. The van der Waals surface area contributed by atoms with E-state index in [-0.39, 0.29) is 6.03 Å². The summed E-state index contributed by atoms with van der Waals surface area (Å²) >= 11 is 0. The highest BCUT2D eigenvalue weighted by molar-refractivity contribution is 5.73. The van der Waals surface area contributed by atoms with Crippen LogP contribution in [0.5, 0.6) is 0 Å². The zero-order chi connectivity index (χ0) is 9.52. The molecule has 0 aliphatic heterocycles. The highest BCUT2D eigenvalue weighted by Gasteiger charge is 2.20. The lowest BCUT2D eigenvalue weighted by atomic mass is 10.3. The van der Waals surface area contributed by atoms with E-state index >= 15 is 0 Å². The van der Waals surface area contributed by atoms with E-state index in [1.54, 1.807) is 0 Å². The van der Waals surface area contributed by atoms with Crippen LogP contribution in [-0.4, -0.2) is 19.1 Å². The zero-order valence-corrected chi connectivity index (χ0v) is 8.44. The Morgan fingerprint density at radius 1 is 1.31 bits per heavy atom. The fraction of sp³-hybridized carbons (Fsp3) is 0.900. The molecular weight excluding hydrogens is 164 g/mol. The number of hydrogen-bond donors (Lipinski definition) is 2. The molecule has 3 heteroatoms. The van der Waals surface area contributed by atoms with Gasteiger partial charge in [0, 0.05) is 13.1 Å². The molecule has 1 rings (SSSR count). The summed E-state index contributed by atoms with van der Waals surface area (Å²) in [6, 6.07) is -0.00546. The summed E-state index contributed by atoms with van der Waals surface area (Å²) in [6.45, 7) is 3.75. The summed E-state index contributed by atoms with van der Waals surface area (Å²) in [5.41, 5.74) is 0. The molecule has 0 aromatic carbocycles. The summed E-state index contributed by atoms with van der Waals surface area (Å²) in [7, 11) is 0. The molecule has 13 heavy (non-hydrogen) atoms. The lowest BCUT2D eigenvalue weighted by molar-refractivity contribution is 0.240. The molecule has 0 saturated heterocycles. The molecular formula is C10H20N2O. The predicted octanol–water partition coefficient (Wildman–Crippen LogP) is 1.89. The van der Waals surface area contributed by atoms with Gasteiger partial charge in [-0.3, -0.25) is 0 Å². The number of nitrogens with one attached hydrogen (secondary N) is 2. The largest absolute Gasteiger partial charge is 0.338 e. The molecule has 1 fully saturated rings. The van der Waals surface area contributed by atoms with Gasteiger partial charge in [0.1, 0.15) is 0 Å². The van der Waals surface area contributed by atoms with Crippen LogP contribution in [0.15, 0.2) is 0 Å². The summed E-state index contributed by atoms with van der Waals surface area (Å²) in [5, 5.41) is 5.69. The lowest BCUT2D eigenvalue weighted by Crippen LogP contribution is -2.36. The number of amides is 2. The second-order valence-corrected chi connectivity index (χ2v) is 3.77. The number of unbranched alkanes of at least 4 members (excludes halogenated alkanes) is 1. The third-order valence-corrected chi connectivity index (χ3v) is 2.35. The van der Waals surface area contributed by atoms with Crippen LogP contribution in [0, 0.1) is 5.92 Å². The van der Waals surface area contributed by atoms with Gasteiger partial charge in [-0.2, -0.15) is 0 Å². The molecule has 3 nitrogen and oxygen atoms in total. The minimum absolute atomic E-state index is 0.00546. The van der Waals surface area contributed by atoms with Gasteiger partial charge >= 0.3 is 6.03 Å². The number of hydrogen-bond acceptors (Lipinski definition) is 1. The highest BCUT2D eigenvalue weighted by atomic mass is 16.2. The van der Waals surface area contributed by atoms with Gasteiger partial charge in [-0.25, -0.2) is 4.79 Å². The van der Waals surface area contributed by atoms with Crippen molar-refractivity contribution in [2.75, 3.05) is 13.1 Å². The minimum atomic E-state index is -0.00546. The maximum Gasteiger partial charge on any atom is 0.314 e. The van der Waals surface area contributed by atoms with Gasteiger partial charge in [-0.1, -0.05) is 26.2 Å². The van der Waals surface area contributed by atoms with Crippen LogP contribution in [0.1, 0.15) is 39.0 Å². The minimum Gasteiger partial charge on any atom is -0.338 e. The molecule has 0 bridgehead atoms. The first kappa shape index (κ1) is 10.4. The summed E-state index contributed by atoms with van der Waals surface area (Å²) in [4.78, 5) is 11.1. The van der Waals surface area contributed by atoms with E-state index in [2.05, 4.69) is 17.6 Å². The molecule has 0 spiro atoms. The molecule has 0 atom stereocenters. The van der Waals surface area contributed by atoms with Crippen molar-refractivity contribution < 1.29 is 4.79 Å². The van der Waals surface area contributed by atoms with Gasteiger partial charge in [0.15, 0.2) is 0 Å². The second kappa shape index (κ2) is 5.84. The van der Waals surface area contributed by atoms with Crippen LogP contribution in [0.4, 0.5) is 4.79 Å². The molecule has 0 radical (unpaired) electrons. The van der Waals surface area contributed by atoms with Gasteiger partial charge in [-0.15, -0.1) is 0 Å². The van der Waals surface area contributed by atoms with Gasteiger partial charge in [0.2, 0.25) is 0 Å². The van der Waals surface area contributed by atoms with Crippen molar-refractivity contribution in [1.29, 1.82) is 0 Å². The van der Waals surface area contributed by atoms with E-state index < -0.39 is 0 Å². The molecule has 1 saturated carbocycles. The molecule has 2 N–H and O–H groups in total. The van der Waals surface area contributed by atoms with Crippen LogP contribution in [0.25, 0.3) is 0 Å². The Hall–Kier alpha value is -0.730. The van der Waals surface area contributed by atoms with Gasteiger partial charge in [0.05, 0.1) is 0 Å². The van der Waals surface area contributed by atoms with Gasteiger partial charge in [-0.05, 0) is 18.8 Å². The van der Waals surface area contributed by atoms with Crippen molar-refractivity contribution >= 4 is 6.03 Å². The maximum atomic E-state index is 11.1. The Morgan fingerprint density at radius 3 is 2.62 bits per heavy atom. The third-order valence-electron chi connectivity index (χ3n) is 2.35. The average Bonchev–Trinajstić information content (AvgIpc) is 2.89. The summed E-state index contributed by atoms with van der Waals surface area (Å²) < 4.78 is 0. The molecule has 1 aliphatic rings. The van der Waals surface area contributed by atoms with Crippen molar-refractivity contribution in [2.24, 2.45) is 5.92 Å². The van der Waals surface area contributed by atoms with Crippen LogP contribution >= 0.6 is 0 Å². The van der Waals surface area contributed by atoms with E-state index in [0.29, 0.717) is 0 Å². The average molecular weight is 184 g/mol. The van der Waals surface area contributed by atoms with E-state index in [1.807, 2.05) is 0 Å². The number of urea groups is 1. The first-order valence-corrected chi connectivity index (χ1v) is 5.34.